The van der Waals surface area contributed by atoms with Crippen molar-refractivity contribution in [3.05, 3.63) is 18.4 Å². The molecule has 0 aromatic carbocycles. The normalized spacial score (nSPS) is 11.6. The van der Waals surface area contributed by atoms with Crippen molar-refractivity contribution in [1.29, 1.82) is 0 Å². The molecule has 0 radical (unpaired) electrons. The number of aliphatic imine (C=N–C) groups is 2. The van der Waals surface area contributed by atoms with Gasteiger partial charge in [0.2, 0.25) is 0 Å². The van der Waals surface area contributed by atoms with Crippen LogP contribution in [-0.2, 0) is 0 Å². The van der Waals surface area contributed by atoms with Crippen molar-refractivity contribution in [2.45, 2.75) is 6.92 Å². The van der Waals surface area contributed by atoms with Crippen molar-refractivity contribution < 1.29 is 0 Å². The van der Waals surface area contributed by atoms with Crippen LogP contribution in [0.1, 0.15) is 6.92 Å². The molecule has 0 atom stereocenters. The lowest BCUT2D eigenvalue weighted by atomic mass is 10.4. The highest BCUT2D eigenvalue weighted by Gasteiger charge is 1.74. The van der Waals surface area contributed by atoms with Crippen LogP contribution in [0.5, 0.6) is 0 Å². The highest BCUT2D eigenvalue weighted by atomic mass is 14.7. The first-order valence-corrected chi connectivity index (χ1v) is 2.62. The van der Waals surface area contributed by atoms with E-state index < -0.39 is 0 Å². The lowest BCUT2D eigenvalue weighted by Gasteiger charge is -1.81. The second-order valence-corrected chi connectivity index (χ2v) is 1.55. The van der Waals surface area contributed by atoms with Gasteiger partial charge in [0.15, 0.2) is 0 Å². The Morgan fingerprint density at radius 3 is 2.78 bits per heavy atom. The van der Waals surface area contributed by atoms with Gasteiger partial charge in [0.25, 0.3) is 0 Å². The summed E-state index contributed by atoms with van der Waals surface area (Å²) in [6, 6.07) is 0. The van der Waals surface area contributed by atoms with Gasteiger partial charge in [-0.1, -0.05) is 0 Å². The third-order valence-electron chi connectivity index (χ3n) is 0.692. The lowest BCUT2D eigenvalue weighted by Crippen LogP contribution is -1.73. The van der Waals surface area contributed by atoms with Crippen LogP contribution in [0.15, 0.2) is 28.3 Å². The molecular weight excluding hydrogens is 112 g/mol. The molecule has 0 aliphatic rings. The van der Waals surface area contributed by atoms with Crippen molar-refractivity contribution in [2.75, 3.05) is 7.05 Å². The first-order valence-electron chi connectivity index (χ1n) is 2.62. The van der Waals surface area contributed by atoms with Gasteiger partial charge in [0.05, 0.1) is 0 Å². The molecule has 0 fully saturated rings. The van der Waals surface area contributed by atoms with E-state index in [1.165, 1.54) is 0 Å². The highest BCUT2D eigenvalue weighted by molar-refractivity contribution is 5.77. The lowest BCUT2D eigenvalue weighted by molar-refractivity contribution is 1.42. The minimum atomic E-state index is 0.994. The van der Waals surface area contributed by atoms with Crippen LogP contribution in [0.3, 0.4) is 0 Å². The zero-order chi connectivity index (χ0) is 7.11. The summed E-state index contributed by atoms with van der Waals surface area (Å²) in [5.74, 6) is 2.39. The molecule has 0 aromatic heterocycles. The fraction of sp³-hybridized carbons (Fsp3) is 0.286. The standard InChI is InChI=1S/C7H10N2/c1-4-9-6-7(2)5-8-3/h5-6H,1H2,2-3H3/b7-6-,8-5?. The van der Waals surface area contributed by atoms with Crippen LogP contribution in [0, 0.1) is 0 Å². The highest BCUT2D eigenvalue weighted by Crippen LogP contribution is 1.85. The van der Waals surface area contributed by atoms with Crippen LogP contribution in [0.4, 0.5) is 0 Å². The second kappa shape index (κ2) is 5.01. The molecular formula is C7H10N2. The predicted molar refractivity (Wildman–Crippen MR) is 41.2 cm³/mol. The maximum atomic E-state index is 3.79. The summed E-state index contributed by atoms with van der Waals surface area (Å²) in [5.41, 5.74) is 0.994. The molecule has 0 spiro atoms. The van der Waals surface area contributed by atoms with Gasteiger partial charge in [-0.3, -0.25) is 4.99 Å². The largest absolute Gasteiger partial charge is 0.296 e. The minimum absolute atomic E-state index is 0.994. The average Bonchev–Trinajstić information content (AvgIpc) is 1.85. The summed E-state index contributed by atoms with van der Waals surface area (Å²) < 4.78 is 0. The number of hydrogen-bond donors (Lipinski definition) is 0. The van der Waals surface area contributed by atoms with Gasteiger partial charge in [-0.05, 0) is 24.9 Å². The third kappa shape index (κ3) is 4.72. The van der Waals surface area contributed by atoms with Gasteiger partial charge in [0.1, 0.15) is 0 Å². The van der Waals surface area contributed by atoms with Gasteiger partial charge in [-0.25, -0.2) is 4.99 Å². The van der Waals surface area contributed by atoms with Crippen LogP contribution < -0.4 is 0 Å². The van der Waals surface area contributed by atoms with Crippen molar-refractivity contribution in [3.63, 3.8) is 0 Å². The van der Waals surface area contributed by atoms with E-state index in [-0.39, 0.29) is 0 Å². The molecule has 2 nitrogen and oxygen atoms in total. The van der Waals surface area contributed by atoms with Crippen molar-refractivity contribution in [1.82, 2.24) is 0 Å². The van der Waals surface area contributed by atoms with Gasteiger partial charge < -0.3 is 0 Å². The van der Waals surface area contributed by atoms with Crippen molar-refractivity contribution >= 4 is 12.1 Å². The van der Waals surface area contributed by atoms with E-state index in [1.807, 2.05) is 6.92 Å². The van der Waals surface area contributed by atoms with Crippen molar-refractivity contribution in [2.24, 2.45) is 9.98 Å². The smallest absolute Gasteiger partial charge is 0.0412 e. The Bertz CT molecular complexity index is 171. The molecule has 9 heavy (non-hydrogen) atoms. The molecule has 0 saturated heterocycles. The number of nitrogens with zero attached hydrogens (tertiary/aromatic N) is 2. The van der Waals surface area contributed by atoms with Crippen LogP contribution in [0.2, 0.25) is 0 Å². The summed E-state index contributed by atoms with van der Waals surface area (Å²) in [6.07, 6.45) is 3.38. The second-order valence-electron chi connectivity index (χ2n) is 1.55. The van der Waals surface area contributed by atoms with E-state index in [1.54, 1.807) is 19.5 Å². The van der Waals surface area contributed by atoms with E-state index in [4.69, 9.17) is 0 Å². The topological polar surface area (TPSA) is 24.7 Å². The maximum Gasteiger partial charge on any atom is 0.0412 e. The van der Waals surface area contributed by atoms with E-state index in [9.17, 15) is 0 Å². The number of hydrogen-bond acceptors (Lipinski definition) is 2. The Hall–Kier alpha value is -1.14. The SMILES string of the molecule is C=C=N/C=C(/C)C=NC. The number of allylic oxidation sites excluding steroid dienone is 1. The maximum absolute atomic E-state index is 3.79. The Labute approximate surface area is 55.3 Å². The molecule has 0 amide bonds. The van der Waals surface area contributed by atoms with Crippen molar-refractivity contribution in [3.8, 4) is 0 Å². The molecule has 0 unspecified atom stereocenters. The minimum Gasteiger partial charge on any atom is -0.296 e. The fourth-order valence-corrected chi connectivity index (χ4v) is 0.384. The molecule has 0 heterocycles. The fourth-order valence-electron chi connectivity index (χ4n) is 0.384. The zero-order valence-corrected chi connectivity index (χ0v) is 5.76. The van der Waals surface area contributed by atoms with E-state index in [0.29, 0.717) is 0 Å². The molecule has 0 rings (SSSR count). The molecule has 0 bridgehead atoms. The average molecular weight is 122 g/mol. The van der Waals surface area contributed by atoms with Crippen LogP contribution in [0.25, 0.3) is 0 Å². The molecule has 2 heteroatoms. The Balaban J connectivity index is 3.99. The molecule has 0 N–H and O–H groups in total. The van der Waals surface area contributed by atoms with Crippen LogP contribution in [-0.4, -0.2) is 19.1 Å². The third-order valence-corrected chi connectivity index (χ3v) is 0.692. The zero-order valence-electron chi connectivity index (χ0n) is 5.76. The molecule has 48 valence electrons. The monoisotopic (exact) mass is 122 g/mol. The van der Waals surface area contributed by atoms with E-state index in [0.717, 1.165) is 5.57 Å². The van der Waals surface area contributed by atoms with Gasteiger partial charge in [0, 0.05) is 19.5 Å². The summed E-state index contributed by atoms with van der Waals surface area (Å²) in [7, 11) is 1.72. The first kappa shape index (κ1) is 7.86. The quantitative estimate of drug-likeness (QED) is 0.495. The summed E-state index contributed by atoms with van der Waals surface area (Å²) in [5, 5.41) is 0. The summed E-state index contributed by atoms with van der Waals surface area (Å²) in [4.78, 5) is 7.46. The summed E-state index contributed by atoms with van der Waals surface area (Å²) >= 11 is 0. The van der Waals surface area contributed by atoms with E-state index in [2.05, 4.69) is 22.4 Å². The van der Waals surface area contributed by atoms with Crippen LogP contribution >= 0.6 is 0 Å². The molecule has 0 saturated carbocycles. The molecule has 0 aliphatic carbocycles. The van der Waals surface area contributed by atoms with Gasteiger partial charge in [-0.15, -0.1) is 0 Å². The Kier molecular flexibility index (Phi) is 4.37. The molecule has 0 aliphatic heterocycles. The molecule has 0 aromatic rings. The first-order chi connectivity index (χ1) is 4.31. The predicted octanol–water partition coefficient (Wildman–Crippen LogP) is 1.45. The Morgan fingerprint density at radius 2 is 2.33 bits per heavy atom. The Morgan fingerprint density at radius 1 is 1.67 bits per heavy atom. The number of rotatable bonds is 2. The summed E-state index contributed by atoms with van der Waals surface area (Å²) in [6.45, 7) is 5.22. The van der Waals surface area contributed by atoms with Gasteiger partial charge in [-0.2, -0.15) is 0 Å². The van der Waals surface area contributed by atoms with Gasteiger partial charge >= 0.3 is 0 Å². The van der Waals surface area contributed by atoms with E-state index >= 15 is 0 Å².